The standard InChI is InChI=1S/C14H21FN2/c1-11-6-8-17(9-7-11)14(10-16)12-2-4-13(15)5-3-12/h2-5,11,14H,6-10,16H2,1H3/t14-/m0/s1. The van der Waals surface area contributed by atoms with E-state index in [9.17, 15) is 4.39 Å². The monoisotopic (exact) mass is 236 g/mol. The van der Waals surface area contributed by atoms with Crippen LogP contribution < -0.4 is 5.73 Å². The zero-order chi connectivity index (χ0) is 12.3. The van der Waals surface area contributed by atoms with Crippen molar-refractivity contribution in [3.8, 4) is 0 Å². The van der Waals surface area contributed by atoms with Crippen LogP contribution >= 0.6 is 0 Å². The third kappa shape index (κ3) is 3.05. The molecule has 1 aromatic rings. The van der Waals surface area contributed by atoms with Gasteiger partial charge in [-0.05, 0) is 49.5 Å². The summed E-state index contributed by atoms with van der Waals surface area (Å²) in [6, 6.07) is 6.98. The molecular weight excluding hydrogens is 215 g/mol. The minimum atomic E-state index is -0.184. The second-order valence-corrected chi connectivity index (χ2v) is 5.02. The molecule has 94 valence electrons. The maximum atomic E-state index is 12.9. The van der Waals surface area contributed by atoms with Crippen LogP contribution in [-0.4, -0.2) is 24.5 Å². The number of hydrogen-bond donors (Lipinski definition) is 1. The number of piperidine rings is 1. The normalized spacial score (nSPS) is 20.4. The van der Waals surface area contributed by atoms with Crippen LogP contribution in [0.2, 0.25) is 0 Å². The van der Waals surface area contributed by atoms with E-state index in [0.29, 0.717) is 6.54 Å². The lowest BCUT2D eigenvalue weighted by Crippen LogP contribution is -2.39. The predicted octanol–water partition coefficient (Wildman–Crippen LogP) is 2.56. The van der Waals surface area contributed by atoms with Crippen molar-refractivity contribution in [1.82, 2.24) is 4.90 Å². The van der Waals surface area contributed by atoms with E-state index >= 15 is 0 Å². The van der Waals surface area contributed by atoms with Gasteiger partial charge in [-0.3, -0.25) is 4.90 Å². The van der Waals surface area contributed by atoms with Crippen molar-refractivity contribution in [1.29, 1.82) is 0 Å². The Hall–Kier alpha value is -0.930. The summed E-state index contributed by atoms with van der Waals surface area (Å²) < 4.78 is 12.9. The van der Waals surface area contributed by atoms with Gasteiger partial charge < -0.3 is 5.73 Å². The summed E-state index contributed by atoms with van der Waals surface area (Å²) in [5.41, 5.74) is 7.00. The molecule has 0 spiro atoms. The third-order valence-electron chi connectivity index (χ3n) is 3.74. The molecule has 2 nitrogen and oxygen atoms in total. The Morgan fingerprint density at radius 1 is 1.29 bits per heavy atom. The van der Waals surface area contributed by atoms with Gasteiger partial charge in [0.05, 0.1) is 0 Å². The number of rotatable bonds is 3. The van der Waals surface area contributed by atoms with Crippen molar-refractivity contribution in [2.24, 2.45) is 11.7 Å². The first kappa shape index (κ1) is 12.5. The fourth-order valence-corrected chi connectivity index (χ4v) is 2.52. The average molecular weight is 236 g/mol. The summed E-state index contributed by atoms with van der Waals surface area (Å²) >= 11 is 0. The lowest BCUT2D eigenvalue weighted by molar-refractivity contribution is 0.141. The largest absolute Gasteiger partial charge is 0.329 e. The van der Waals surface area contributed by atoms with Gasteiger partial charge in [0, 0.05) is 12.6 Å². The molecule has 1 aromatic carbocycles. The molecule has 17 heavy (non-hydrogen) atoms. The lowest BCUT2D eigenvalue weighted by Gasteiger charge is -2.36. The molecule has 0 saturated carbocycles. The first-order valence-electron chi connectivity index (χ1n) is 6.40. The van der Waals surface area contributed by atoms with Gasteiger partial charge >= 0.3 is 0 Å². The van der Waals surface area contributed by atoms with Crippen molar-refractivity contribution in [3.63, 3.8) is 0 Å². The summed E-state index contributed by atoms with van der Waals surface area (Å²) in [7, 11) is 0. The molecule has 1 fully saturated rings. The van der Waals surface area contributed by atoms with Crippen molar-refractivity contribution >= 4 is 0 Å². The van der Waals surface area contributed by atoms with Crippen molar-refractivity contribution in [2.75, 3.05) is 19.6 Å². The zero-order valence-corrected chi connectivity index (χ0v) is 10.4. The minimum absolute atomic E-state index is 0.184. The SMILES string of the molecule is CC1CCN([C@@H](CN)c2ccc(F)cc2)CC1. The average Bonchev–Trinajstić information content (AvgIpc) is 2.35. The van der Waals surface area contributed by atoms with Crippen LogP contribution in [0, 0.1) is 11.7 Å². The summed E-state index contributed by atoms with van der Waals surface area (Å²) in [6.45, 7) is 5.09. The third-order valence-corrected chi connectivity index (χ3v) is 3.74. The smallest absolute Gasteiger partial charge is 0.123 e. The van der Waals surface area contributed by atoms with Gasteiger partial charge in [0.2, 0.25) is 0 Å². The van der Waals surface area contributed by atoms with Crippen LogP contribution in [0.1, 0.15) is 31.4 Å². The Morgan fingerprint density at radius 2 is 1.88 bits per heavy atom. The van der Waals surface area contributed by atoms with E-state index in [-0.39, 0.29) is 11.9 Å². The summed E-state index contributed by atoms with van der Waals surface area (Å²) in [5, 5.41) is 0. The van der Waals surface area contributed by atoms with Crippen molar-refractivity contribution in [3.05, 3.63) is 35.6 Å². The fourth-order valence-electron chi connectivity index (χ4n) is 2.52. The van der Waals surface area contributed by atoms with E-state index in [2.05, 4.69) is 11.8 Å². The Balaban J connectivity index is 2.08. The quantitative estimate of drug-likeness (QED) is 0.874. The molecule has 0 unspecified atom stereocenters. The van der Waals surface area contributed by atoms with E-state index in [4.69, 9.17) is 5.73 Å². The first-order chi connectivity index (χ1) is 8.20. The Bertz CT molecular complexity index is 342. The Kier molecular flexibility index (Phi) is 4.13. The number of nitrogens with two attached hydrogens (primary N) is 1. The second kappa shape index (κ2) is 5.61. The van der Waals surface area contributed by atoms with E-state index < -0.39 is 0 Å². The molecule has 0 radical (unpaired) electrons. The fraction of sp³-hybridized carbons (Fsp3) is 0.571. The molecule has 1 saturated heterocycles. The van der Waals surface area contributed by atoms with Crippen molar-refractivity contribution < 1.29 is 4.39 Å². The van der Waals surface area contributed by atoms with E-state index in [1.807, 2.05) is 12.1 Å². The Morgan fingerprint density at radius 3 is 2.41 bits per heavy atom. The maximum Gasteiger partial charge on any atom is 0.123 e. The zero-order valence-electron chi connectivity index (χ0n) is 10.4. The molecule has 0 amide bonds. The van der Waals surface area contributed by atoms with Crippen LogP contribution in [-0.2, 0) is 0 Å². The molecule has 3 heteroatoms. The van der Waals surface area contributed by atoms with Crippen LogP contribution in [0.15, 0.2) is 24.3 Å². The number of benzene rings is 1. The van der Waals surface area contributed by atoms with E-state index in [1.54, 1.807) is 0 Å². The molecule has 0 aliphatic carbocycles. The molecule has 1 heterocycles. The van der Waals surface area contributed by atoms with Gasteiger partial charge in [-0.1, -0.05) is 19.1 Å². The van der Waals surface area contributed by atoms with Gasteiger partial charge in [0.15, 0.2) is 0 Å². The number of likely N-dealkylation sites (tertiary alicyclic amines) is 1. The van der Waals surface area contributed by atoms with Gasteiger partial charge in [-0.25, -0.2) is 4.39 Å². The highest BCUT2D eigenvalue weighted by atomic mass is 19.1. The number of halogens is 1. The highest BCUT2D eigenvalue weighted by Crippen LogP contribution is 2.26. The van der Waals surface area contributed by atoms with E-state index in [0.717, 1.165) is 24.6 Å². The number of hydrogen-bond acceptors (Lipinski definition) is 2. The molecule has 0 aromatic heterocycles. The molecule has 1 atom stereocenters. The molecule has 1 aliphatic rings. The maximum absolute atomic E-state index is 12.9. The number of nitrogens with zero attached hydrogens (tertiary/aromatic N) is 1. The lowest BCUT2D eigenvalue weighted by atomic mass is 9.96. The summed E-state index contributed by atoms with van der Waals surface area (Å²) in [5.74, 6) is 0.634. The highest BCUT2D eigenvalue weighted by molar-refractivity contribution is 5.20. The van der Waals surface area contributed by atoms with Crippen molar-refractivity contribution in [2.45, 2.75) is 25.8 Å². The molecule has 0 bridgehead atoms. The summed E-state index contributed by atoms with van der Waals surface area (Å²) in [4.78, 5) is 2.42. The summed E-state index contributed by atoms with van der Waals surface area (Å²) in [6.07, 6.45) is 2.47. The van der Waals surface area contributed by atoms with Gasteiger partial charge in [0.1, 0.15) is 5.82 Å². The molecular formula is C14H21FN2. The molecule has 2 N–H and O–H groups in total. The van der Waals surface area contributed by atoms with Crippen LogP contribution in [0.3, 0.4) is 0 Å². The van der Waals surface area contributed by atoms with Crippen LogP contribution in [0.4, 0.5) is 4.39 Å². The minimum Gasteiger partial charge on any atom is -0.329 e. The first-order valence-corrected chi connectivity index (χ1v) is 6.40. The van der Waals surface area contributed by atoms with Gasteiger partial charge in [-0.15, -0.1) is 0 Å². The second-order valence-electron chi connectivity index (χ2n) is 5.02. The molecule has 2 rings (SSSR count). The Labute approximate surface area is 103 Å². The predicted molar refractivity (Wildman–Crippen MR) is 68.2 cm³/mol. The van der Waals surface area contributed by atoms with Crippen LogP contribution in [0.5, 0.6) is 0 Å². The van der Waals surface area contributed by atoms with Gasteiger partial charge in [-0.2, -0.15) is 0 Å². The topological polar surface area (TPSA) is 29.3 Å². The molecule has 1 aliphatic heterocycles. The van der Waals surface area contributed by atoms with Gasteiger partial charge in [0.25, 0.3) is 0 Å². The van der Waals surface area contributed by atoms with E-state index in [1.165, 1.54) is 25.0 Å². The highest BCUT2D eigenvalue weighted by Gasteiger charge is 2.23. The van der Waals surface area contributed by atoms with Crippen LogP contribution in [0.25, 0.3) is 0 Å².